The van der Waals surface area contributed by atoms with E-state index in [0.29, 0.717) is 11.1 Å². The number of phenolic OH excluding ortho intramolecular Hbond substituents is 2. The largest absolute Gasteiger partial charge is 0.508 e. The second-order valence-corrected chi connectivity index (χ2v) is 11.1. The number of hydrogen-bond acceptors (Lipinski definition) is 8. The minimum absolute atomic E-state index is 0.00580. The number of aliphatic hydroxyl groups excluding tert-OH is 1. The minimum Gasteiger partial charge on any atom is -0.508 e. The zero-order chi connectivity index (χ0) is 33.4. The third-order valence-corrected chi connectivity index (χ3v) is 7.52. The van der Waals surface area contributed by atoms with Crippen LogP contribution in [-0.4, -0.2) is 79.4 Å². The van der Waals surface area contributed by atoms with Crippen molar-refractivity contribution in [3.63, 3.8) is 0 Å². The van der Waals surface area contributed by atoms with E-state index in [1.165, 1.54) is 43.3 Å². The van der Waals surface area contributed by atoms with Gasteiger partial charge < -0.3 is 47.1 Å². The zero-order valence-electron chi connectivity index (χ0n) is 25.0. The highest BCUT2D eigenvalue weighted by molar-refractivity contribution is 5.95. The molecule has 10 N–H and O–H groups in total. The molecule has 0 aliphatic carbocycles. The highest BCUT2D eigenvalue weighted by atomic mass is 16.4. The highest BCUT2D eigenvalue weighted by Gasteiger charge is 2.32. The average Bonchev–Trinajstić information content (AvgIpc) is 3.43. The number of fused-ring (bicyclic) bond motifs is 1. The Morgan fingerprint density at radius 3 is 1.76 bits per heavy atom. The molecule has 4 rings (SSSR count). The topological polar surface area (TPSA) is 227 Å². The molecule has 0 spiro atoms. The molecule has 0 aliphatic rings. The van der Waals surface area contributed by atoms with E-state index in [9.17, 15) is 39.6 Å². The number of hydrogen-bond donors (Lipinski definition) is 9. The number of para-hydroxylation sites is 1. The van der Waals surface area contributed by atoms with Crippen molar-refractivity contribution in [3.8, 4) is 11.5 Å². The number of phenols is 2. The maximum Gasteiger partial charge on any atom is 0.328 e. The second-order valence-electron chi connectivity index (χ2n) is 11.1. The van der Waals surface area contributed by atoms with Gasteiger partial charge in [-0.05, 0) is 60.4 Å². The molecule has 0 fully saturated rings. The van der Waals surface area contributed by atoms with E-state index in [4.69, 9.17) is 5.73 Å². The summed E-state index contributed by atoms with van der Waals surface area (Å²) in [6.07, 6.45) is 0.362. The molecule has 0 aliphatic heterocycles. The average molecular weight is 632 g/mol. The number of H-pyrrole nitrogens is 1. The number of aromatic hydroxyl groups is 2. The number of carboxylic acids is 1. The van der Waals surface area contributed by atoms with Crippen LogP contribution in [0.4, 0.5) is 0 Å². The highest BCUT2D eigenvalue weighted by Crippen LogP contribution is 2.19. The van der Waals surface area contributed by atoms with E-state index in [2.05, 4.69) is 20.9 Å². The molecular formula is C33H37N5O8. The molecule has 0 radical (unpaired) electrons. The third-order valence-electron chi connectivity index (χ3n) is 7.52. The van der Waals surface area contributed by atoms with E-state index in [0.717, 1.165) is 16.5 Å². The van der Waals surface area contributed by atoms with Gasteiger partial charge in [0, 0.05) is 29.9 Å². The lowest BCUT2D eigenvalue weighted by Gasteiger charge is -2.26. The smallest absolute Gasteiger partial charge is 0.328 e. The number of rotatable bonds is 14. The molecule has 0 saturated carbocycles. The number of nitrogens with two attached hydrogens (primary N) is 1. The fraction of sp³-hybridized carbons (Fsp3) is 0.273. The number of benzene rings is 3. The van der Waals surface area contributed by atoms with Crippen molar-refractivity contribution in [1.82, 2.24) is 20.9 Å². The third kappa shape index (κ3) is 8.83. The Balaban J connectivity index is 1.56. The van der Waals surface area contributed by atoms with Crippen molar-refractivity contribution in [2.75, 3.05) is 0 Å². The summed E-state index contributed by atoms with van der Waals surface area (Å²) in [6, 6.07) is 14.2. The number of aromatic amines is 1. The molecule has 46 heavy (non-hydrogen) atoms. The van der Waals surface area contributed by atoms with Crippen LogP contribution in [0.2, 0.25) is 0 Å². The monoisotopic (exact) mass is 631 g/mol. The van der Waals surface area contributed by atoms with Gasteiger partial charge in [0.05, 0.1) is 12.1 Å². The number of amides is 3. The van der Waals surface area contributed by atoms with Crippen molar-refractivity contribution in [2.24, 2.45) is 5.73 Å². The van der Waals surface area contributed by atoms with Crippen LogP contribution >= 0.6 is 0 Å². The van der Waals surface area contributed by atoms with Crippen molar-refractivity contribution in [1.29, 1.82) is 0 Å². The lowest BCUT2D eigenvalue weighted by atomic mass is 10.0. The quantitative estimate of drug-likeness (QED) is 0.0960. The molecule has 4 aromatic rings. The van der Waals surface area contributed by atoms with Crippen molar-refractivity contribution < 1.29 is 39.6 Å². The molecule has 13 heteroatoms. The lowest BCUT2D eigenvalue weighted by molar-refractivity contribution is -0.145. The first-order chi connectivity index (χ1) is 21.9. The van der Waals surface area contributed by atoms with Crippen LogP contribution in [0.5, 0.6) is 11.5 Å². The van der Waals surface area contributed by atoms with Gasteiger partial charge in [0.15, 0.2) is 6.04 Å². The van der Waals surface area contributed by atoms with Gasteiger partial charge >= 0.3 is 5.97 Å². The number of aliphatic hydroxyl groups is 1. The lowest BCUT2D eigenvalue weighted by Crippen LogP contribution is -2.59. The first kappa shape index (κ1) is 33.5. The fourth-order valence-electron chi connectivity index (χ4n) is 4.98. The number of carboxylic acid groups (broad SMARTS) is 1. The maximum absolute atomic E-state index is 13.8. The first-order valence-corrected chi connectivity index (χ1v) is 14.6. The summed E-state index contributed by atoms with van der Waals surface area (Å²) in [6.45, 7) is 1.20. The van der Waals surface area contributed by atoms with Gasteiger partial charge in [-0.25, -0.2) is 4.79 Å². The van der Waals surface area contributed by atoms with E-state index in [1.54, 1.807) is 18.3 Å². The van der Waals surface area contributed by atoms with Gasteiger partial charge in [-0.15, -0.1) is 0 Å². The number of aliphatic carboxylic acids is 1. The number of nitrogens with one attached hydrogen (secondary N) is 4. The molecule has 5 atom stereocenters. The van der Waals surface area contributed by atoms with E-state index in [1.807, 2.05) is 24.3 Å². The van der Waals surface area contributed by atoms with Gasteiger partial charge in [0.1, 0.15) is 23.6 Å². The van der Waals surface area contributed by atoms with Crippen molar-refractivity contribution in [3.05, 3.63) is 95.7 Å². The number of carbonyl (C=O) groups excluding carboxylic acids is 3. The summed E-state index contributed by atoms with van der Waals surface area (Å²) >= 11 is 0. The van der Waals surface area contributed by atoms with Crippen LogP contribution in [0.25, 0.3) is 10.9 Å². The molecule has 1 heterocycles. The Kier molecular flexibility index (Phi) is 11.0. The van der Waals surface area contributed by atoms with Crippen LogP contribution in [-0.2, 0) is 38.4 Å². The molecule has 1 aromatic heterocycles. The molecule has 242 valence electrons. The van der Waals surface area contributed by atoms with Crippen LogP contribution in [0.1, 0.15) is 23.6 Å². The van der Waals surface area contributed by atoms with Gasteiger partial charge in [0.25, 0.3) is 0 Å². The summed E-state index contributed by atoms with van der Waals surface area (Å²) in [5.41, 5.74) is 9.09. The fourth-order valence-corrected chi connectivity index (χ4v) is 4.98. The van der Waals surface area contributed by atoms with Gasteiger partial charge in [0.2, 0.25) is 17.7 Å². The predicted molar refractivity (Wildman–Crippen MR) is 169 cm³/mol. The molecular weight excluding hydrogens is 594 g/mol. The number of aromatic nitrogens is 1. The second kappa shape index (κ2) is 15.1. The van der Waals surface area contributed by atoms with Gasteiger partial charge in [-0.2, -0.15) is 0 Å². The van der Waals surface area contributed by atoms with Crippen LogP contribution in [0, 0.1) is 0 Å². The first-order valence-electron chi connectivity index (χ1n) is 14.6. The molecule has 5 unspecified atom stereocenters. The Labute approximate surface area is 264 Å². The van der Waals surface area contributed by atoms with Crippen LogP contribution in [0.15, 0.2) is 79.0 Å². The maximum atomic E-state index is 13.8. The summed E-state index contributed by atoms with van der Waals surface area (Å²) in [4.78, 5) is 55.2. The van der Waals surface area contributed by atoms with Crippen LogP contribution < -0.4 is 21.7 Å². The number of carbonyl (C=O) groups is 4. The Morgan fingerprint density at radius 2 is 1.24 bits per heavy atom. The molecule has 0 bridgehead atoms. The van der Waals surface area contributed by atoms with Gasteiger partial charge in [-0.3, -0.25) is 14.4 Å². The summed E-state index contributed by atoms with van der Waals surface area (Å²) < 4.78 is 0. The molecule has 3 amide bonds. The summed E-state index contributed by atoms with van der Waals surface area (Å²) in [7, 11) is 0. The van der Waals surface area contributed by atoms with Gasteiger partial charge in [-0.1, -0.05) is 42.5 Å². The molecule has 13 nitrogen and oxygen atoms in total. The van der Waals surface area contributed by atoms with Crippen LogP contribution in [0.3, 0.4) is 0 Å². The van der Waals surface area contributed by atoms with E-state index < -0.39 is 54.0 Å². The summed E-state index contributed by atoms with van der Waals surface area (Å²) in [5, 5.41) is 47.2. The Hall–Kier alpha value is -5.40. The predicted octanol–water partition coefficient (Wildman–Crippen LogP) is 0.854. The SMILES string of the molecule is CC(O)C(NC(=O)C(Cc1ccc(O)cc1)NC(=O)C(Cc1ccc(O)cc1)NC(=O)C(N)Cc1c[nH]c2ccccc12)C(=O)O. The summed E-state index contributed by atoms with van der Waals surface area (Å²) in [5.74, 6) is -3.76. The molecule has 0 saturated heterocycles. The van der Waals surface area contributed by atoms with Crippen molar-refractivity contribution in [2.45, 2.75) is 56.5 Å². The Bertz CT molecular complexity index is 1670. The van der Waals surface area contributed by atoms with E-state index >= 15 is 0 Å². The molecule has 3 aromatic carbocycles. The standard InChI is InChI=1S/C33H37N5O8/c1-18(39)29(33(45)46)38-32(44)28(15-20-8-12-23(41)13-9-20)37-31(43)27(14-19-6-10-22(40)11-7-19)36-30(42)25(34)16-21-17-35-26-5-3-2-4-24(21)26/h2-13,17-18,25,27-29,35,39-41H,14-16,34H2,1H3,(H,36,42)(H,37,43)(H,38,44)(H,45,46). The van der Waals surface area contributed by atoms with E-state index in [-0.39, 0.29) is 30.8 Å². The van der Waals surface area contributed by atoms with Crippen molar-refractivity contribution >= 4 is 34.6 Å². The normalized spacial score (nSPS) is 14.4. The Morgan fingerprint density at radius 1 is 0.739 bits per heavy atom. The minimum atomic E-state index is -1.65. The zero-order valence-corrected chi connectivity index (χ0v) is 25.0.